The molecule has 2 saturated carbocycles. The van der Waals surface area contributed by atoms with E-state index in [4.69, 9.17) is 5.73 Å². The van der Waals surface area contributed by atoms with E-state index in [9.17, 15) is 33.6 Å². The number of Topliss-reactive ketones (excluding diaryl/α,β-unsaturated/α-hetero) is 1. The van der Waals surface area contributed by atoms with E-state index in [0.717, 1.165) is 24.2 Å². The summed E-state index contributed by atoms with van der Waals surface area (Å²) in [6.45, 7) is 15.3. The molecule has 14 nitrogen and oxygen atoms in total. The number of nitrogens with zero attached hydrogens (tertiary/aromatic N) is 3. The molecule has 1 saturated heterocycles. The lowest BCUT2D eigenvalue weighted by Gasteiger charge is -2.39. The second kappa shape index (κ2) is 13.1. The number of fused-ring (bicyclic) bond motifs is 2. The summed E-state index contributed by atoms with van der Waals surface area (Å²) in [5.74, 6) is -3.84. The summed E-state index contributed by atoms with van der Waals surface area (Å²) in [6, 6.07) is -2.92. The zero-order valence-corrected chi connectivity index (χ0v) is 30.3. The van der Waals surface area contributed by atoms with Crippen molar-refractivity contribution in [3.05, 3.63) is 29.6 Å². The first-order valence-corrected chi connectivity index (χ1v) is 17.5. The number of likely N-dealkylation sites (tertiary alicyclic amines) is 1. The van der Waals surface area contributed by atoms with E-state index in [1.165, 1.54) is 23.4 Å². The Morgan fingerprint density at radius 2 is 1.60 bits per heavy atom. The van der Waals surface area contributed by atoms with Crippen LogP contribution < -0.4 is 21.7 Å². The van der Waals surface area contributed by atoms with E-state index in [1.807, 2.05) is 34.6 Å². The molecular weight excluding hydrogens is 642 g/mol. The van der Waals surface area contributed by atoms with Gasteiger partial charge >= 0.3 is 6.03 Å². The molecule has 1 aromatic heterocycles. The van der Waals surface area contributed by atoms with Crippen LogP contribution in [-0.4, -0.2) is 93.4 Å². The smallest absolute Gasteiger partial charge is 0.315 e. The Bertz CT molecular complexity index is 1570. The van der Waals surface area contributed by atoms with Crippen molar-refractivity contribution >= 4 is 41.4 Å². The molecule has 0 bridgehead atoms. The van der Waals surface area contributed by atoms with Gasteiger partial charge in [0.2, 0.25) is 17.6 Å². The maximum absolute atomic E-state index is 14.4. The predicted molar refractivity (Wildman–Crippen MR) is 182 cm³/mol. The van der Waals surface area contributed by atoms with Crippen molar-refractivity contribution in [2.75, 3.05) is 13.1 Å². The van der Waals surface area contributed by atoms with Crippen molar-refractivity contribution in [2.45, 2.75) is 105 Å². The van der Waals surface area contributed by atoms with Crippen LogP contribution in [0.25, 0.3) is 0 Å². The summed E-state index contributed by atoms with van der Waals surface area (Å²) in [5.41, 5.74) is 4.17. The zero-order chi connectivity index (χ0) is 37.1. The van der Waals surface area contributed by atoms with Gasteiger partial charge in [-0.25, -0.2) is 4.79 Å². The third-order valence-electron chi connectivity index (χ3n) is 11.3. The Morgan fingerprint density at radius 1 is 0.960 bits per heavy atom. The van der Waals surface area contributed by atoms with Crippen molar-refractivity contribution in [3.63, 3.8) is 0 Å². The highest BCUT2D eigenvalue weighted by Crippen LogP contribution is 2.65. The van der Waals surface area contributed by atoms with Crippen molar-refractivity contribution in [3.8, 4) is 0 Å². The van der Waals surface area contributed by atoms with Gasteiger partial charge in [0.25, 0.3) is 17.7 Å². The third-order valence-corrected chi connectivity index (χ3v) is 11.3. The Labute approximate surface area is 293 Å². The molecule has 0 aromatic carbocycles. The molecule has 0 radical (unpaired) electrons. The molecule has 7 amide bonds. The molecule has 272 valence electrons. The summed E-state index contributed by atoms with van der Waals surface area (Å²) in [4.78, 5) is 99.5. The number of aromatic nitrogens is 1. The van der Waals surface area contributed by atoms with Gasteiger partial charge in [0.1, 0.15) is 12.1 Å². The van der Waals surface area contributed by atoms with Gasteiger partial charge in [-0.2, -0.15) is 0 Å². The number of pyridine rings is 1. The van der Waals surface area contributed by atoms with E-state index in [1.54, 1.807) is 20.8 Å². The van der Waals surface area contributed by atoms with Crippen LogP contribution in [0.2, 0.25) is 0 Å². The van der Waals surface area contributed by atoms with E-state index >= 15 is 0 Å². The average Bonchev–Trinajstić information content (AvgIpc) is 3.27. The van der Waals surface area contributed by atoms with Gasteiger partial charge in [0.15, 0.2) is 0 Å². The third kappa shape index (κ3) is 6.98. The van der Waals surface area contributed by atoms with Crippen LogP contribution in [0, 0.1) is 34.0 Å². The molecule has 4 aliphatic rings. The second-order valence-electron chi connectivity index (χ2n) is 17.2. The Kier molecular flexibility index (Phi) is 9.65. The van der Waals surface area contributed by atoms with Gasteiger partial charge in [0.05, 0.1) is 29.8 Å². The molecule has 0 spiro atoms. The average molecular weight is 694 g/mol. The highest BCUT2D eigenvalue weighted by molar-refractivity contribution is 6.37. The Balaban J connectivity index is 1.33. The fraction of sp³-hybridized carbons (Fsp3) is 0.667. The largest absolute Gasteiger partial charge is 0.363 e. The monoisotopic (exact) mass is 693 g/mol. The van der Waals surface area contributed by atoms with Crippen LogP contribution in [0.1, 0.15) is 102 Å². The summed E-state index contributed by atoms with van der Waals surface area (Å²) >= 11 is 0. The predicted octanol–water partition coefficient (Wildman–Crippen LogP) is 2.02. The van der Waals surface area contributed by atoms with Gasteiger partial charge in [0, 0.05) is 18.9 Å². The number of nitrogens with two attached hydrogens (primary N) is 1. The minimum atomic E-state index is -1.12. The second-order valence-corrected chi connectivity index (χ2v) is 17.2. The molecule has 5 N–H and O–H groups in total. The summed E-state index contributed by atoms with van der Waals surface area (Å²) < 4.78 is 0. The number of carbonyl (C=O) groups is 7. The number of hydrogen-bond acceptors (Lipinski definition) is 8. The standard InChI is InChI=1S/C36H51N7O7/c1-34(2,3)23(17-43-30(47)19-12-13-38-15-20(19)31(43)48)40-33(50)41-27(35(4,5)6)32(49)42-16-21-24(36(21,7)8)25(42)29(46)39-22(26(44)28(37)45)14-18-10-9-11-18/h12-13,15,18,21-25,27H,9-11,14,16-17H2,1-8H3,(H2,37,45)(H,39,46)(H2,40,41,50)/t21?,22?,23-,24+,25?,27-/m1/s1. The van der Waals surface area contributed by atoms with E-state index < -0.39 is 76.3 Å². The van der Waals surface area contributed by atoms with Crippen molar-refractivity contribution in [1.29, 1.82) is 0 Å². The zero-order valence-electron chi connectivity index (χ0n) is 30.3. The summed E-state index contributed by atoms with van der Waals surface area (Å²) in [5, 5.41) is 8.52. The number of rotatable bonds is 11. The minimum absolute atomic E-state index is 0.0358. The first-order valence-electron chi connectivity index (χ1n) is 17.5. The van der Waals surface area contributed by atoms with E-state index in [0.29, 0.717) is 13.0 Å². The van der Waals surface area contributed by atoms with Gasteiger partial charge in [-0.15, -0.1) is 0 Å². The van der Waals surface area contributed by atoms with Crippen molar-refractivity contribution in [1.82, 2.24) is 30.7 Å². The number of hydrogen-bond donors (Lipinski definition) is 4. The number of carbonyl (C=O) groups excluding carboxylic acids is 7. The summed E-state index contributed by atoms with van der Waals surface area (Å²) in [6.07, 6.45) is 5.92. The number of nitrogens with one attached hydrogen (secondary N) is 3. The fourth-order valence-corrected chi connectivity index (χ4v) is 7.70. The number of primary amides is 1. The van der Waals surface area contributed by atoms with E-state index in [2.05, 4.69) is 20.9 Å². The van der Waals surface area contributed by atoms with Crippen LogP contribution in [0.3, 0.4) is 0 Å². The van der Waals surface area contributed by atoms with Crippen LogP contribution in [0.4, 0.5) is 4.79 Å². The number of piperidine rings is 1. The van der Waals surface area contributed by atoms with Crippen LogP contribution in [-0.2, 0) is 19.2 Å². The highest BCUT2D eigenvalue weighted by Gasteiger charge is 2.70. The molecule has 6 atom stereocenters. The topological polar surface area (TPSA) is 201 Å². The lowest BCUT2D eigenvalue weighted by Crippen LogP contribution is -2.63. The quantitative estimate of drug-likeness (QED) is 0.199. The maximum atomic E-state index is 14.4. The van der Waals surface area contributed by atoms with Crippen molar-refractivity contribution < 1.29 is 33.6 Å². The maximum Gasteiger partial charge on any atom is 0.315 e. The number of ketones is 1. The summed E-state index contributed by atoms with van der Waals surface area (Å²) in [7, 11) is 0. The molecule has 3 unspecified atom stereocenters. The highest BCUT2D eigenvalue weighted by atomic mass is 16.2. The minimum Gasteiger partial charge on any atom is -0.363 e. The lowest BCUT2D eigenvalue weighted by molar-refractivity contribution is -0.145. The molecular formula is C36H51N7O7. The lowest BCUT2D eigenvalue weighted by atomic mass is 9.80. The number of urea groups is 1. The van der Waals surface area contributed by atoms with Gasteiger partial charge in [-0.1, -0.05) is 74.7 Å². The normalized spacial score (nSPS) is 24.4. The first kappa shape index (κ1) is 36.9. The number of imide groups is 1. The molecule has 3 fully saturated rings. The first-order chi connectivity index (χ1) is 23.1. The molecule has 14 heteroatoms. The van der Waals surface area contributed by atoms with Crippen LogP contribution in [0.15, 0.2) is 18.5 Å². The molecule has 2 aliphatic carbocycles. The van der Waals surface area contributed by atoms with Gasteiger partial charge in [-0.05, 0) is 46.5 Å². The van der Waals surface area contributed by atoms with Crippen LogP contribution in [0.5, 0.6) is 0 Å². The Hall–Kier alpha value is -4.36. The molecule has 1 aromatic rings. The number of amides is 7. The van der Waals surface area contributed by atoms with Crippen molar-refractivity contribution in [2.24, 2.45) is 39.7 Å². The van der Waals surface area contributed by atoms with Gasteiger partial charge < -0.3 is 26.6 Å². The van der Waals surface area contributed by atoms with Crippen LogP contribution >= 0.6 is 0 Å². The molecule has 2 aliphatic heterocycles. The molecule has 50 heavy (non-hydrogen) atoms. The molecule has 5 rings (SSSR count). The SMILES string of the molecule is CC(C)(C)[C@H](NC(=O)N[C@H](CN1C(=O)c2ccncc2C1=O)C(C)(C)C)C(=O)N1CC2[C@@H](C1C(=O)NC(CC1CCC1)C(=O)C(N)=O)C2(C)C. The van der Waals surface area contributed by atoms with Gasteiger partial charge in [-0.3, -0.25) is 38.7 Å². The van der Waals surface area contributed by atoms with E-state index in [-0.39, 0.29) is 40.8 Å². The fourth-order valence-electron chi connectivity index (χ4n) is 7.70. The molecule has 3 heterocycles. The Morgan fingerprint density at radius 3 is 2.14 bits per heavy atom.